The molecule has 2 aliphatic carbocycles. The van der Waals surface area contributed by atoms with E-state index in [2.05, 4.69) is 11.9 Å². The van der Waals surface area contributed by atoms with Crippen molar-refractivity contribution in [1.29, 1.82) is 0 Å². The molecular formula is C12H15NO. The number of methoxy groups -OCH3 is 1. The maximum Gasteiger partial charge on any atom is 0.140 e. The van der Waals surface area contributed by atoms with Crippen LogP contribution in [0.2, 0.25) is 0 Å². The summed E-state index contributed by atoms with van der Waals surface area (Å²) in [5.74, 6) is 2.69. The van der Waals surface area contributed by atoms with E-state index in [1.807, 2.05) is 6.20 Å². The largest absolute Gasteiger partial charge is 0.495 e. The van der Waals surface area contributed by atoms with Crippen molar-refractivity contribution in [1.82, 2.24) is 4.98 Å². The molecule has 2 unspecified atom stereocenters. The zero-order valence-electron chi connectivity index (χ0n) is 8.71. The van der Waals surface area contributed by atoms with Crippen LogP contribution in [-0.2, 0) is 6.42 Å². The van der Waals surface area contributed by atoms with Crippen molar-refractivity contribution in [2.24, 2.45) is 5.92 Å². The molecule has 0 N–H and O–H groups in total. The third-order valence-electron chi connectivity index (χ3n) is 3.86. The highest BCUT2D eigenvalue weighted by Gasteiger charge is 2.41. The van der Waals surface area contributed by atoms with E-state index in [0.717, 1.165) is 17.6 Å². The summed E-state index contributed by atoms with van der Waals surface area (Å²) in [7, 11) is 1.74. The Labute approximate surface area is 84.3 Å². The molecule has 14 heavy (non-hydrogen) atoms. The molecule has 3 rings (SSSR count). The minimum Gasteiger partial charge on any atom is -0.495 e. The Morgan fingerprint density at radius 2 is 2.29 bits per heavy atom. The quantitative estimate of drug-likeness (QED) is 0.677. The molecule has 0 aliphatic heterocycles. The van der Waals surface area contributed by atoms with Crippen molar-refractivity contribution < 1.29 is 4.74 Å². The summed E-state index contributed by atoms with van der Waals surface area (Å²) in [6, 6.07) is 0. The molecule has 1 saturated carbocycles. The van der Waals surface area contributed by atoms with Gasteiger partial charge in [0, 0.05) is 11.3 Å². The van der Waals surface area contributed by atoms with E-state index in [-0.39, 0.29) is 0 Å². The number of nitrogens with zero attached hydrogens (tertiary/aromatic N) is 1. The Bertz CT molecular complexity index is 386. The van der Waals surface area contributed by atoms with Crippen molar-refractivity contribution in [2.45, 2.75) is 32.1 Å². The molecule has 0 spiro atoms. The van der Waals surface area contributed by atoms with Crippen LogP contribution in [0.25, 0.3) is 0 Å². The molecule has 74 valence electrons. The summed E-state index contributed by atoms with van der Waals surface area (Å²) in [5, 5.41) is 0. The summed E-state index contributed by atoms with van der Waals surface area (Å²) in [6.45, 7) is 2.12. The van der Waals surface area contributed by atoms with Crippen LogP contribution >= 0.6 is 0 Å². The summed E-state index contributed by atoms with van der Waals surface area (Å²) >= 11 is 0. The van der Waals surface area contributed by atoms with Gasteiger partial charge in [0.1, 0.15) is 5.75 Å². The van der Waals surface area contributed by atoms with Crippen LogP contribution in [0.15, 0.2) is 6.20 Å². The molecule has 1 fully saturated rings. The van der Waals surface area contributed by atoms with Crippen LogP contribution in [-0.4, -0.2) is 12.1 Å². The van der Waals surface area contributed by atoms with Crippen LogP contribution in [0.4, 0.5) is 0 Å². The van der Waals surface area contributed by atoms with E-state index in [1.165, 1.54) is 36.1 Å². The zero-order chi connectivity index (χ0) is 9.71. The van der Waals surface area contributed by atoms with Gasteiger partial charge >= 0.3 is 0 Å². The molecule has 2 nitrogen and oxygen atoms in total. The molecule has 0 bridgehead atoms. The lowest BCUT2D eigenvalue weighted by molar-refractivity contribution is 0.279. The van der Waals surface area contributed by atoms with Crippen LogP contribution in [0, 0.1) is 12.8 Å². The van der Waals surface area contributed by atoms with Crippen molar-refractivity contribution in [3.63, 3.8) is 0 Å². The second-order valence-corrected chi connectivity index (χ2v) is 4.45. The van der Waals surface area contributed by atoms with Crippen LogP contribution in [0.3, 0.4) is 0 Å². The lowest BCUT2D eigenvalue weighted by Crippen LogP contribution is -2.19. The second-order valence-electron chi connectivity index (χ2n) is 4.45. The Hall–Kier alpha value is -1.05. The Kier molecular flexibility index (Phi) is 1.61. The molecule has 0 saturated heterocycles. The van der Waals surface area contributed by atoms with E-state index >= 15 is 0 Å². The fourth-order valence-electron chi connectivity index (χ4n) is 2.99. The molecule has 1 aromatic heterocycles. The van der Waals surface area contributed by atoms with Crippen molar-refractivity contribution >= 4 is 0 Å². The van der Waals surface area contributed by atoms with E-state index in [0.29, 0.717) is 0 Å². The molecule has 2 aliphatic rings. The molecule has 1 heterocycles. The van der Waals surface area contributed by atoms with Gasteiger partial charge in [-0.1, -0.05) is 0 Å². The number of fused-ring (bicyclic) bond motifs is 3. The zero-order valence-corrected chi connectivity index (χ0v) is 8.71. The SMILES string of the molecule is COc1cnc(C)c2c1CC1CCC21. The first-order valence-electron chi connectivity index (χ1n) is 5.33. The first-order chi connectivity index (χ1) is 6.81. The van der Waals surface area contributed by atoms with E-state index < -0.39 is 0 Å². The van der Waals surface area contributed by atoms with Crippen LogP contribution in [0.5, 0.6) is 5.75 Å². The standard InChI is InChI=1S/C12H15NO/c1-7-12-9-4-3-8(9)5-10(12)11(14-2)6-13-7/h6,8-9H,3-5H2,1-2H3. The van der Waals surface area contributed by atoms with E-state index in [1.54, 1.807) is 7.11 Å². The maximum absolute atomic E-state index is 5.37. The summed E-state index contributed by atoms with van der Waals surface area (Å²) in [4.78, 5) is 4.42. The predicted octanol–water partition coefficient (Wildman–Crippen LogP) is 2.45. The van der Waals surface area contributed by atoms with Crippen molar-refractivity contribution in [3.8, 4) is 5.75 Å². The molecule has 2 atom stereocenters. The third kappa shape index (κ3) is 0.887. The molecule has 0 radical (unpaired) electrons. The Morgan fingerprint density at radius 3 is 2.93 bits per heavy atom. The number of hydrogen-bond donors (Lipinski definition) is 0. The lowest BCUT2D eigenvalue weighted by Gasteiger charge is -2.30. The summed E-state index contributed by atoms with van der Waals surface area (Å²) in [6.07, 6.45) is 5.83. The van der Waals surface area contributed by atoms with Gasteiger partial charge in [0.2, 0.25) is 0 Å². The maximum atomic E-state index is 5.37. The fraction of sp³-hybridized carbons (Fsp3) is 0.583. The van der Waals surface area contributed by atoms with Gasteiger partial charge in [-0.3, -0.25) is 4.98 Å². The van der Waals surface area contributed by atoms with Crippen molar-refractivity contribution in [3.05, 3.63) is 23.0 Å². The van der Waals surface area contributed by atoms with Gasteiger partial charge in [-0.2, -0.15) is 0 Å². The number of hydrogen-bond acceptors (Lipinski definition) is 2. The Balaban J connectivity index is 2.17. The van der Waals surface area contributed by atoms with Gasteiger partial charge in [-0.15, -0.1) is 0 Å². The number of pyridine rings is 1. The second kappa shape index (κ2) is 2.72. The minimum absolute atomic E-state index is 0.799. The van der Waals surface area contributed by atoms with E-state index in [9.17, 15) is 0 Å². The van der Waals surface area contributed by atoms with E-state index in [4.69, 9.17) is 4.74 Å². The van der Waals surface area contributed by atoms with Gasteiger partial charge < -0.3 is 4.74 Å². The third-order valence-corrected chi connectivity index (χ3v) is 3.86. The molecular weight excluding hydrogens is 174 g/mol. The highest BCUT2D eigenvalue weighted by Crippen LogP contribution is 2.53. The topological polar surface area (TPSA) is 22.1 Å². The average molecular weight is 189 g/mol. The van der Waals surface area contributed by atoms with Gasteiger partial charge in [-0.25, -0.2) is 0 Å². The summed E-state index contributed by atoms with van der Waals surface area (Å²) in [5.41, 5.74) is 4.15. The lowest BCUT2D eigenvalue weighted by atomic mass is 9.74. The smallest absolute Gasteiger partial charge is 0.140 e. The van der Waals surface area contributed by atoms with Crippen LogP contribution in [0.1, 0.15) is 35.6 Å². The Morgan fingerprint density at radius 1 is 1.43 bits per heavy atom. The fourth-order valence-corrected chi connectivity index (χ4v) is 2.99. The van der Waals surface area contributed by atoms with Crippen LogP contribution < -0.4 is 4.74 Å². The average Bonchev–Trinajstić information content (AvgIpc) is 2.41. The highest BCUT2D eigenvalue weighted by atomic mass is 16.5. The highest BCUT2D eigenvalue weighted by molar-refractivity contribution is 5.48. The molecule has 0 aromatic carbocycles. The van der Waals surface area contributed by atoms with Gasteiger partial charge in [-0.05, 0) is 43.6 Å². The summed E-state index contributed by atoms with van der Waals surface area (Å²) < 4.78 is 5.37. The van der Waals surface area contributed by atoms with Gasteiger partial charge in [0.25, 0.3) is 0 Å². The number of ether oxygens (including phenoxy) is 1. The van der Waals surface area contributed by atoms with Gasteiger partial charge in [0.15, 0.2) is 0 Å². The van der Waals surface area contributed by atoms with Crippen molar-refractivity contribution in [2.75, 3.05) is 7.11 Å². The molecule has 0 amide bonds. The normalized spacial score (nSPS) is 27.9. The number of aromatic nitrogens is 1. The number of rotatable bonds is 1. The minimum atomic E-state index is 0.799. The predicted molar refractivity (Wildman–Crippen MR) is 54.7 cm³/mol. The molecule has 1 aromatic rings. The number of aryl methyl sites for hydroxylation is 1. The first kappa shape index (κ1) is 8.27. The molecule has 2 heteroatoms. The van der Waals surface area contributed by atoms with Gasteiger partial charge in [0.05, 0.1) is 13.3 Å². The monoisotopic (exact) mass is 189 g/mol. The first-order valence-corrected chi connectivity index (χ1v) is 5.33.